The van der Waals surface area contributed by atoms with Gasteiger partial charge in [0.1, 0.15) is 11.6 Å². The van der Waals surface area contributed by atoms with Crippen molar-refractivity contribution < 1.29 is 18.1 Å². The first-order valence-corrected chi connectivity index (χ1v) is 7.72. The number of ketones is 1. The molecule has 6 heteroatoms. The van der Waals surface area contributed by atoms with Crippen molar-refractivity contribution in [1.82, 2.24) is 0 Å². The summed E-state index contributed by atoms with van der Waals surface area (Å²) in [6.07, 6.45) is 0. The van der Waals surface area contributed by atoms with E-state index in [2.05, 4.69) is 0 Å². The average Bonchev–Trinajstić information content (AvgIpc) is 2.47. The van der Waals surface area contributed by atoms with Crippen molar-refractivity contribution in [2.45, 2.75) is 4.90 Å². The van der Waals surface area contributed by atoms with Gasteiger partial charge in [-0.3, -0.25) is 9.00 Å². The molecule has 0 saturated carbocycles. The Bertz CT molecular complexity index is 703. The van der Waals surface area contributed by atoms with E-state index in [0.29, 0.717) is 9.92 Å². The van der Waals surface area contributed by atoms with E-state index in [1.165, 1.54) is 19.2 Å². The van der Waals surface area contributed by atoms with Crippen LogP contribution in [0.2, 0.25) is 5.02 Å². The molecule has 1 unspecified atom stereocenters. The number of Topliss-reactive ketones (excluding diaryl/α,β-unsaturated/α-hetero) is 1. The highest BCUT2D eigenvalue weighted by Crippen LogP contribution is 2.23. The zero-order chi connectivity index (χ0) is 15.4. The molecule has 0 radical (unpaired) electrons. The van der Waals surface area contributed by atoms with E-state index in [0.717, 1.165) is 6.07 Å². The molecule has 0 aliphatic heterocycles. The maximum atomic E-state index is 13.3. The Labute approximate surface area is 129 Å². The van der Waals surface area contributed by atoms with Crippen molar-refractivity contribution in [3.05, 3.63) is 58.9 Å². The average molecular weight is 327 g/mol. The molecule has 21 heavy (non-hydrogen) atoms. The van der Waals surface area contributed by atoms with E-state index in [1.54, 1.807) is 24.3 Å². The lowest BCUT2D eigenvalue weighted by Crippen LogP contribution is -2.13. The lowest BCUT2D eigenvalue weighted by molar-refractivity contribution is 0.101. The first kappa shape index (κ1) is 15.7. The summed E-state index contributed by atoms with van der Waals surface area (Å²) in [5.41, 5.74) is 0.0675. The van der Waals surface area contributed by atoms with Gasteiger partial charge >= 0.3 is 0 Å². The molecule has 1 atom stereocenters. The van der Waals surface area contributed by atoms with Crippen LogP contribution in [0.25, 0.3) is 0 Å². The highest BCUT2D eigenvalue weighted by molar-refractivity contribution is 7.86. The molecule has 0 aliphatic rings. The SMILES string of the molecule is COc1ccc(F)cc1C(=O)CS(=O)c1ccccc1Cl. The van der Waals surface area contributed by atoms with Crippen molar-refractivity contribution in [3.8, 4) is 5.75 Å². The zero-order valence-electron chi connectivity index (χ0n) is 11.1. The number of hydrogen-bond acceptors (Lipinski definition) is 3. The van der Waals surface area contributed by atoms with Crippen molar-refractivity contribution in [2.24, 2.45) is 0 Å². The van der Waals surface area contributed by atoms with E-state index in [-0.39, 0.29) is 17.1 Å². The van der Waals surface area contributed by atoms with E-state index in [9.17, 15) is 13.4 Å². The predicted octanol–water partition coefficient (Wildman–Crippen LogP) is 3.48. The van der Waals surface area contributed by atoms with Crippen LogP contribution in [0.5, 0.6) is 5.75 Å². The van der Waals surface area contributed by atoms with Gasteiger partial charge in [-0.15, -0.1) is 0 Å². The quantitative estimate of drug-likeness (QED) is 0.790. The first-order chi connectivity index (χ1) is 10.0. The third-order valence-electron chi connectivity index (χ3n) is 2.81. The third kappa shape index (κ3) is 3.68. The second-order valence-corrected chi connectivity index (χ2v) is 6.01. The molecule has 0 heterocycles. The van der Waals surface area contributed by atoms with Crippen molar-refractivity contribution >= 4 is 28.2 Å². The van der Waals surface area contributed by atoms with Crippen LogP contribution in [0.15, 0.2) is 47.4 Å². The van der Waals surface area contributed by atoms with Crippen molar-refractivity contribution in [2.75, 3.05) is 12.9 Å². The van der Waals surface area contributed by atoms with Gasteiger partial charge in [-0.05, 0) is 30.3 Å². The fourth-order valence-corrected chi connectivity index (χ4v) is 3.26. The monoisotopic (exact) mass is 326 g/mol. The molecule has 3 nitrogen and oxygen atoms in total. The topological polar surface area (TPSA) is 43.4 Å². The minimum atomic E-state index is -1.60. The zero-order valence-corrected chi connectivity index (χ0v) is 12.7. The van der Waals surface area contributed by atoms with Gasteiger partial charge in [0.15, 0.2) is 5.78 Å². The summed E-state index contributed by atoms with van der Waals surface area (Å²) in [5.74, 6) is -1.06. The Hall–Kier alpha value is -1.72. The molecule has 0 fully saturated rings. The van der Waals surface area contributed by atoms with Crippen molar-refractivity contribution in [3.63, 3.8) is 0 Å². The molecular weight excluding hydrogens is 315 g/mol. The molecule has 0 N–H and O–H groups in total. The molecule has 110 valence electrons. The molecule has 0 amide bonds. The van der Waals surface area contributed by atoms with Gasteiger partial charge in [0.25, 0.3) is 0 Å². The number of rotatable bonds is 5. The lowest BCUT2D eigenvalue weighted by Gasteiger charge is -2.08. The standard InChI is InChI=1S/C15H12ClFO3S/c1-20-14-7-6-10(17)8-11(14)13(18)9-21(19)15-5-3-2-4-12(15)16/h2-8H,9H2,1H3. The van der Waals surface area contributed by atoms with Crippen LogP contribution in [0.1, 0.15) is 10.4 Å². The van der Waals surface area contributed by atoms with E-state index in [4.69, 9.17) is 16.3 Å². The van der Waals surface area contributed by atoms with Gasteiger partial charge in [0, 0.05) is 0 Å². The summed E-state index contributed by atoms with van der Waals surface area (Å²) >= 11 is 5.94. The molecule has 0 saturated heterocycles. The van der Waals surface area contributed by atoms with Crippen LogP contribution in [-0.4, -0.2) is 22.9 Å². The Kier molecular flexibility index (Phi) is 5.09. The van der Waals surface area contributed by atoms with Gasteiger partial charge < -0.3 is 4.74 Å². The van der Waals surface area contributed by atoms with Gasteiger partial charge in [-0.1, -0.05) is 23.7 Å². The molecule has 0 spiro atoms. The summed E-state index contributed by atoms with van der Waals surface area (Å²) in [6, 6.07) is 10.2. The van der Waals surface area contributed by atoms with Crippen LogP contribution in [0.4, 0.5) is 4.39 Å². The Balaban J connectivity index is 2.24. The fraction of sp³-hybridized carbons (Fsp3) is 0.133. The van der Waals surface area contributed by atoms with E-state index in [1.807, 2.05) is 0 Å². The van der Waals surface area contributed by atoms with Crippen LogP contribution in [-0.2, 0) is 10.8 Å². The highest BCUT2D eigenvalue weighted by atomic mass is 35.5. The third-order valence-corrected chi connectivity index (χ3v) is 4.62. The number of benzene rings is 2. The smallest absolute Gasteiger partial charge is 0.179 e. The number of carbonyl (C=O) groups excluding carboxylic acids is 1. The number of methoxy groups -OCH3 is 1. The van der Waals surface area contributed by atoms with Gasteiger partial charge in [-0.2, -0.15) is 0 Å². The summed E-state index contributed by atoms with van der Waals surface area (Å²) < 4.78 is 30.5. The Morgan fingerprint density at radius 2 is 2.00 bits per heavy atom. The highest BCUT2D eigenvalue weighted by Gasteiger charge is 2.18. The first-order valence-electron chi connectivity index (χ1n) is 6.02. The minimum absolute atomic E-state index is 0.0675. The fourth-order valence-electron chi connectivity index (χ4n) is 1.80. The van der Waals surface area contributed by atoms with Gasteiger partial charge in [0.2, 0.25) is 0 Å². The summed E-state index contributed by atoms with van der Waals surface area (Å²) in [4.78, 5) is 12.6. The summed E-state index contributed by atoms with van der Waals surface area (Å²) in [7, 11) is -0.218. The maximum absolute atomic E-state index is 13.3. The predicted molar refractivity (Wildman–Crippen MR) is 80.0 cm³/mol. The maximum Gasteiger partial charge on any atom is 0.179 e. The molecule has 0 bridgehead atoms. The van der Waals surface area contributed by atoms with Crippen LogP contribution in [0, 0.1) is 5.82 Å². The number of hydrogen-bond donors (Lipinski definition) is 0. The minimum Gasteiger partial charge on any atom is -0.496 e. The number of ether oxygens (including phenoxy) is 1. The molecule has 2 aromatic carbocycles. The van der Waals surface area contributed by atoms with Crippen LogP contribution >= 0.6 is 11.6 Å². The second-order valence-electron chi connectivity index (χ2n) is 4.19. The molecule has 2 aromatic rings. The summed E-state index contributed by atoms with van der Waals surface area (Å²) in [6.45, 7) is 0. The van der Waals surface area contributed by atoms with E-state index < -0.39 is 22.4 Å². The van der Waals surface area contributed by atoms with Crippen molar-refractivity contribution in [1.29, 1.82) is 0 Å². The van der Waals surface area contributed by atoms with Gasteiger partial charge in [-0.25, -0.2) is 4.39 Å². The second kappa shape index (κ2) is 6.83. The molecular formula is C15H12ClFO3S. The van der Waals surface area contributed by atoms with Crippen LogP contribution in [0.3, 0.4) is 0 Å². The molecule has 0 aromatic heterocycles. The Morgan fingerprint density at radius 3 is 2.67 bits per heavy atom. The van der Waals surface area contributed by atoms with E-state index >= 15 is 0 Å². The molecule has 0 aliphatic carbocycles. The largest absolute Gasteiger partial charge is 0.496 e. The molecule has 2 rings (SSSR count). The van der Waals surface area contributed by atoms with Gasteiger partial charge in [0.05, 0.1) is 39.1 Å². The number of halogens is 2. The normalized spacial score (nSPS) is 12.0. The summed E-state index contributed by atoms with van der Waals surface area (Å²) in [5, 5.41) is 0.329. The van der Waals surface area contributed by atoms with Crippen LogP contribution < -0.4 is 4.74 Å². The number of carbonyl (C=O) groups is 1. The lowest BCUT2D eigenvalue weighted by atomic mass is 10.1. The Morgan fingerprint density at radius 1 is 1.29 bits per heavy atom.